The van der Waals surface area contributed by atoms with Gasteiger partial charge in [0.05, 0.1) is 10.6 Å². The molecular formula is C29H25ClFN9O9S2. The molecule has 0 spiro atoms. The molecule has 2 heterocycles. The average molecular weight is 762 g/mol. The van der Waals surface area contributed by atoms with Gasteiger partial charge >= 0.3 is 5.97 Å². The lowest BCUT2D eigenvalue weighted by atomic mass is 10.1. The Morgan fingerprint density at radius 2 is 1.59 bits per heavy atom. The Kier molecular flexibility index (Phi) is 9.78. The number of rotatable bonds is 10. The fourth-order valence-electron chi connectivity index (χ4n) is 4.70. The van der Waals surface area contributed by atoms with Crippen LogP contribution in [-0.4, -0.2) is 66.9 Å². The maximum atomic E-state index is 14.2. The molecule has 5 rings (SSSR count). The van der Waals surface area contributed by atoms with Crippen LogP contribution in [0.4, 0.5) is 38.8 Å². The van der Waals surface area contributed by atoms with Crippen LogP contribution in [0.2, 0.25) is 5.28 Å². The summed E-state index contributed by atoms with van der Waals surface area (Å²) in [6, 6.07) is 8.06. The molecule has 0 aliphatic carbocycles. The molecular weight excluding hydrogens is 737 g/mol. The van der Waals surface area contributed by atoms with E-state index in [0.29, 0.717) is 21.5 Å². The molecule has 0 aliphatic rings. The van der Waals surface area contributed by atoms with Crippen molar-refractivity contribution in [2.24, 2.45) is 10.2 Å². The number of azo groups is 1. The third-order valence-corrected chi connectivity index (χ3v) is 9.05. The maximum absolute atomic E-state index is 14.2. The van der Waals surface area contributed by atoms with Gasteiger partial charge in [-0.15, -0.1) is 10.2 Å². The van der Waals surface area contributed by atoms with Crippen LogP contribution in [0.15, 0.2) is 62.5 Å². The number of benzene rings is 3. The van der Waals surface area contributed by atoms with E-state index >= 15 is 0 Å². The minimum absolute atomic E-state index is 0.0493. The summed E-state index contributed by atoms with van der Waals surface area (Å²) in [5.74, 6) is -3.18. The first-order valence-electron chi connectivity index (χ1n) is 14.1. The summed E-state index contributed by atoms with van der Waals surface area (Å²) < 4.78 is 83.7. The van der Waals surface area contributed by atoms with Crippen molar-refractivity contribution in [3.05, 3.63) is 81.8 Å². The Morgan fingerprint density at radius 1 is 0.882 bits per heavy atom. The lowest BCUT2D eigenvalue weighted by Gasteiger charge is -2.15. The van der Waals surface area contributed by atoms with Crippen molar-refractivity contribution in [1.82, 2.24) is 24.7 Å². The van der Waals surface area contributed by atoms with E-state index in [4.69, 9.17) is 11.6 Å². The summed E-state index contributed by atoms with van der Waals surface area (Å²) >= 11 is 5.90. The van der Waals surface area contributed by atoms with Gasteiger partial charge in [0.2, 0.25) is 22.8 Å². The lowest BCUT2D eigenvalue weighted by molar-refractivity contribution is 0.0690. The summed E-state index contributed by atoms with van der Waals surface area (Å²) in [4.78, 5) is 22.5. The molecule has 6 N–H and O–H groups in total. The third-order valence-electron chi connectivity index (χ3n) is 7.17. The summed E-state index contributed by atoms with van der Waals surface area (Å²) in [6.45, 7) is 6.19. The van der Waals surface area contributed by atoms with Gasteiger partial charge in [-0.1, -0.05) is 6.07 Å². The van der Waals surface area contributed by atoms with E-state index in [2.05, 4.69) is 40.9 Å². The smallest absolute Gasteiger partial charge is 0.358 e. The van der Waals surface area contributed by atoms with Crippen LogP contribution >= 0.6 is 11.6 Å². The van der Waals surface area contributed by atoms with Crippen LogP contribution in [-0.2, 0) is 20.2 Å². The molecule has 51 heavy (non-hydrogen) atoms. The van der Waals surface area contributed by atoms with Crippen molar-refractivity contribution in [2.75, 3.05) is 10.6 Å². The highest BCUT2D eigenvalue weighted by Gasteiger charge is 2.27. The van der Waals surface area contributed by atoms with Gasteiger partial charge in [-0.25, -0.2) is 14.2 Å². The molecule has 0 amide bonds. The number of aromatic hydroxyl groups is 1. The zero-order valence-corrected chi connectivity index (χ0v) is 29.0. The van der Waals surface area contributed by atoms with Crippen LogP contribution in [0.1, 0.15) is 33.0 Å². The zero-order chi connectivity index (χ0) is 37.6. The van der Waals surface area contributed by atoms with E-state index in [9.17, 15) is 45.3 Å². The number of nitrogens with one attached hydrogen (secondary N) is 2. The van der Waals surface area contributed by atoms with E-state index in [1.807, 2.05) is 0 Å². The number of carboxylic acids is 1. The number of hydrogen-bond acceptors (Lipinski definition) is 14. The first-order valence-corrected chi connectivity index (χ1v) is 17.4. The number of aromatic carboxylic acids is 1. The first kappa shape index (κ1) is 36.7. The molecule has 3 aromatic carbocycles. The molecule has 18 nitrogen and oxygen atoms in total. The fraction of sp³-hybridized carbons (Fsp3) is 0.138. The molecule has 0 bridgehead atoms. The van der Waals surface area contributed by atoms with Gasteiger partial charge in [0, 0.05) is 17.1 Å². The van der Waals surface area contributed by atoms with Crippen molar-refractivity contribution in [2.45, 2.75) is 37.5 Å². The second-order valence-electron chi connectivity index (χ2n) is 10.8. The summed E-state index contributed by atoms with van der Waals surface area (Å²) in [6.07, 6.45) is 0. The zero-order valence-electron chi connectivity index (χ0n) is 26.6. The van der Waals surface area contributed by atoms with E-state index < -0.39 is 64.8 Å². The number of anilines is 4. The minimum Gasteiger partial charge on any atom is -0.492 e. The Labute approximate surface area is 293 Å². The standard InChI is InChI=1S/C29H25ClFN9O9S2/c1-12-7-13(2)20(11-18(12)31)34-16-5-6-19(23(8-16)51(47,48)49)37-38-24-25(27(42)43)39-40(26(24)41)22-10-17(50(44,45)46)9-21(14(22)3)35-29-33-15(4)32-28(30)36-29/h5-11,34,41H,1-4H3,(H,42,43)(H,44,45,46)(H,47,48,49)(H,32,33,35,36). The summed E-state index contributed by atoms with van der Waals surface area (Å²) in [5.41, 5.74) is -0.998. The van der Waals surface area contributed by atoms with Crippen LogP contribution < -0.4 is 10.6 Å². The summed E-state index contributed by atoms with van der Waals surface area (Å²) in [7, 11) is -9.90. The third kappa shape index (κ3) is 7.91. The molecule has 0 fully saturated rings. The molecule has 0 radical (unpaired) electrons. The number of hydrogen-bond donors (Lipinski definition) is 6. The molecule has 266 valence electrons. The monoisotopic (exact) mass is 761 g/mol. The number of carbonyl (C=O) groups is 1. The van der Waals surface area contributed by atoms with E-state index in [1.54, 1.807) is 19.9 Å². The number of aryl methyl sites for hydroxylation is 3. The molecule has 0 atom stereocenters. The highest BCUT2D eigenvalue weighted by Crippen LogP contribution is 2.39. The van der Waals surface area contributed by atoms with Crippen molar-refractivity contribution in [1.29, 1.82) is 0 Å². The largest absolute Gasteiger partial charge is 0.492 e. The van der Waals surface area contributed by atoms with E-state index in [1.165, 1.54) is 26.0 Å². The van der Waals surface area contributed by atoms with Crippen molar-refractivity contribution >= 4 is 72.2 Å². The quantitative estimate of drug-likeness (QED) is 0.0716. The second-order valence-corrected chi connectivity index (χ2v) is 14.0. The van der Waals surface area contributed by atoms with Gasteiger partial charge < -0.3 is 20.8 Å². The van der Waals surface area contributed by atoms with E-state index in [0.717, 1.165) is 24.3 Å². The number of halogens is 2. The van der Waals surface area contributed by atoms with Crippen LogP contribution in [0.25, 0.3) is 5.69 Å². The molecule has 0 saturated heterocycles. The number of aromatic nitrogens is 5. The predicted molar refractivity (Wildman–Crippen MR) is 179 cm³/mol. The van der Waals surface area contributed by atoms with Gasteiger partial charge in [-0.05, 0) is 92.4 Å². The van der Waals surface area contributed by atoms with Gasteiger partial charge in [-0.2, -0.15) is 36.6 Å². The van der Waals surface area contributed by atoms with Gasteiger partial charge in [0.25, 0.3) is 20.2 Å². The number of carboxylic acid groups (broad SMARTS) is 1. The van der Waals surface area contributed by atoms with Gasteiger partial charge in [-0.3, -0.25) is 9.11 Å². The highest BCUT2D eigenvalue weighted by molar-refractivity contribution is 7.86. The molecule has 0 saturated carbocycles. The molecule has 0 aliphatic heterocycles. The van der Waals surface area contributed by atoms with Crippen LogP contribution in [0, 0.1) is 33.5 Å². The molecule has 22 heteroatoms. The van der Waals surface area contributed by atoms with E-state index in [-0.39, 0.29) is 39.7 Å². The Balaban J connectivity index is 1.61. The molecule has 0 unspecified atom stereocenters. The highest BCUT2D eigenvalue weighted by atomic mass is 35.5. The average Bonchev–Trinajstić information content (AvgIpc) is 3.34. The van der Waals surface area contributed by atoms with Crippen molar-refractivity contribution in [3.8, 4) is 11.6 Å². The molecule has 2 aromatic heterocycles. The summed E-state index contributed by atoms with van der Waals surface area (Å²) in [5, 5.41) is 37.7. The van der Waals surface area contributed by atoms with Crippen molar-refractivity contribution in [3.63, 3.8) is 0 Å². The molecule has 5 aromatic rings. The topological polar surface area (TPSA) is 272 Å². The van der Waals surface area contributed by atoms with Gasteiger partial charge in [0.15, 0.2) is 5.69 Å². The van der Waals surface area contributed by atoms with Gasteiger partial charge in [0.1, 0.15) is 22.2 Å². The normalized spacial score (nSPS) is 12.0. The second kappa shape index (κ2) is 13.6. The maximum Gasteiger partial charge on any atom is 0.358 e. The number of nitrogens with zero attached hydrogens (tertiary/aromatic N) is 7. The lowest BCUT2D eigenvalue weighted by Crippen LogP contribution is -2.09. The Hall–Kier alpha value is -5.61. The predicted octanol–water partition coefficient (Wildman–Crippen LogP) is 5.88. The SMILES string of the molecule is Cc1nc(Cl)nc(Nc2cc(S(=O)(=O)O)cc(-n3nc(C(=O)O)c(N=Nc4ccc(Nc5cc(F)c(C)cc5C)cc4S(=O)(=O)O)c3O)c2C)n1. The van der Waals surface area contributed by atoms with Crippen LogP contribution in [0.5, 0.6) is 5.88 Å². The fourth-order valence-corrected chi connectivity index (χ4v) is 6.08. The Morgan fingerprint density at radius 3 is 2.22 bits per heavy atom. The van der Waals surface area contributed by atoms with Crippen molar-refractivity contribution < 1.29 is 45.3 Å². The van der Waals surface area contributed by atoms with Crippen LogP contribution in [0.3, 0.4) is 0 Å². The Bertz CT molecular complexity index is 2490. The minimum atomic E-state index is -4.99. The first-order chi connectivity index (χ1) is 23.7.